The van der Waals surface area contributed by atoms with E-state index in [1.165, 1.54) is 6.33 Å². The Hall–Kier alpha value is -4.32. The molecule has 0 amide bonds. The second-order valence-electron chi connectivity index (χ2n) is 9.07. The minimum atomic E-state index is -2.53. The van der Waals surface area contributed by atoms with Crippen molar-refractivity contribution in [3.63, 3.8) is 0 Å². The van der Waals surface area contributed by atoms with Crippen LogP contribution >= 0.6 is 20.1 Å². The van der Waals surface area contributed by atoms with Crippen molar-refractivity contribution in [1.82, 2.24) is 39.3 Å². The number of anilines is 2. The Morgan fingerprint density at radius 2 is 1.97 bits per heavy atom. The van der Waals surface area contributed by atoms with Crippen LogP contribution in [0.5, 0.6) is 0 Å². The van der Waals surface area contributed by atoms with E-state index < -0.39 is 20.1 Å². The Morgan fingerprint density at radius 3 is 2.68 bits per heavy atom. The van der Waals surface area contributed by atoms with Gasteiger partial charge in [0.25, 0.3) is 0 Å². The van der Waals surface area contributed by atoms with Crippen LogP contribution in [-0.2, 0) is 0 Å². The number of hydrogen-bond acceptors (Lipinski definition) is 9. The van der Waals surface area contributed by atoms with Crippen LogP contribution in [-0.4, -0.2) is 49.8 Å². The van der Waals surface area contributed by atoms with E-state index in [9.17, 15) is 10.1 Å². The molecule has 0 aliphatic carbocycles. The van der Waals surface area contributed by atoms with Gasteiger partial charge in [0.15, 0.2) is 0 Å². The van der Waals surface area contributed by atoms with Crippen molar-refractivity contribution in [1.29, 1.82) is 5.26 Å². The van der Waals surface area contributed by atoms with E-state index in [4.69, 9.17) is 10.8 Å². The van der Waals surface area contributed by atoms with Crippen LogP contribution in [0.15, 0.2) is 53.7 Å². The predicted octanol–water partition coefficient (Wildman–Crippen LogP) is 2.96. The molecule has 5 heterocycles. The van der Waals surface area contributed by atoms with Gasteiger partial charge in [-0.1, -0.05) is 0 Å². The molecule has 0 bridgehead atoms. The molecule has 0 spiro atoms. The fourth-order valence-electron chi connectivity index (χ4n) is 4.66. The standard InChI is InChI=1S/C25H24IN11O/c1-14-12-35(22-19(11-27)16(3)31-25(28)32-22)26(15(14)2)24-34-36-10-9-18(21-29-13-30-33-21)20(36)23(38)37(24)17-7-5-4-6-8-17/h4-10,13-15H,12H2,1-3H3,(H2,28,31,32)(H,29,30,33). The zero-order valence-electron chi connectivity index (χ0n) is 20.9. The van der Waals surface area contributed by atoms with Crippen molar-refractivity contribution in [2.24, 2.45) is 5.92 Å². The molecule has 4 aromatic heterocycles. The Morgan fingerprint density at radius 1 is 1.18 bits per heavy atom. The number of benzene rings is 1. The number of aromatic amines is 1. The molecular formula is C25H24IN11O. The first-order valence-electron chi connectivity index (χ1n) is 11.9. The van der Waals surface area contributed by atoms with Crippen molar-refractivity contribution < 1.29 is 0 Å². The molecule has 1 saturated heterocycles. The van der Waals surface area contributed by atoms with Crippen LogP contribution in [0.1, 0.15) is 25.1 Å². The van der Waals surface area contributed by atoms with Crippen molar-refractivity contribution in [3.05, 3.63) is 74.4 Å². The van der Waals surface area contributed by atoms with Crippen molar-refractivity contribution in [2.75, 3.05) is 15.4 Å². The van der Waals surface area contributed by atoms with Gasteiger partial charge < -0.3 is 0 Å². The molecule has 2 unspecified atom stereocenters. The maximum atomic E-state index is 14.3. The van der Waals surface area contributed by atoms with Gasteiger partial charge in [-0.25, -0.2) is 0 Å². The zero-order chi connectivity index (χ0) is 26.6. The van der Waals surface area contributed by atoms with E-state index in [0.29, 0.717) is 44.4 Å². The summed E-state index contributed by atoms with van der Waals surface area (Å²) in [7, 11) is 0. The summed E-state index contributed by atoms with van der Waals surface area (Å²) >= 11 is -2.53. The molecule has 0 saturated carbocycles. The molecule has 1 fully saturated rings. The first-order chi connectivity index (χ1) is 18.4. The van der Waals surface area contributed by atoms with Crippen molar-refractivity contribution in [3.8, 4) is 23.1 Å². The van der Waals surface area contributed by atoms with Crippen LogP contribution in [0, 0.1) is 28.0 Å². The molecule has 1 aliphatic rings. The number of nitrogens with two attached hydrogens (primary N) is 1. The quantitative estimate of drug-likeness (QED) is 0.175. The number of aryl methyl sites for hydroxylation is 1. The molecule has 3 N–H and O–H groups in total. The third-order valence-corrected chi connectivity index (χ3v) is 13.6. The van der Waals surface area contributed by atoms with Crippen molar-refractivity contribution in [2.45, 2.75) is 24.7 Å². The van der Waals surface area contributed by atoms with E-state index >= 15 is 0 Å². The third-order valence-electron chi connectivity index (χ3n) is 6.71. The van der Waals surface area contributed by atoms with Crippen LogP contribution in [0.25, 0.3) is 22.6 Å². The topological polar surface area (TPSA) is 160 Å². The number of hydrogen-bond donors (Lipinski definition) is 2. The van der Waals surface area contributed by atoms with Crippen LogP contribution in [0.2, 0.25) is 0 Å². The van der Waals surface area contributed by atoms with E-state index in [1.54, 1.807) is 22.2 Å². The monoisotopic (exact) mass is 621 g/mol. The van der Waals surface area contributed by atoms with E-state index in [1.807, 2.05) is 36.4 Å². The number of para-hydroxylation sites is 1. The average Bonchev–Trinajstić information content (AvgIpc) is 3.64. The van der Waals surface area contributed by atoms with E-state index in [2.05, 4.69) is 48.2 Å². The number of fused-ring (bicyclic) bond motifs is 1. The predicted molar refractivity (Wildman–Crippen MR) is 151 cm³/mol. The van der Waals surface area contributed by atoms with Gasteiger partial charge in [-0.2, -0.15) is 0 Å². The number of H-pyrrole nitrogens is 1. The molecule has 5 aromatic rings. The number of nitrogen functional groups attached to an aromatic ring is 1. The number of rotatable bonds is 4. The van der Waals surface area contributed by atoms with Crippen molar-refractivity contribution >= 4 is 37.4 Å². The van der Waals surface area contributed by atoms with Gasteiger partial charge in [0.05, 0.1) is 0 Å². The molecule has 6 rings (SSSR count). The fraction of sp³-hybridized carbons (Fsp3) is 0.240. The number of nitriles is 1. The Bertz CT molecular complexity index is 1750. The van der Waals surface area contributed by atoms with Gasteiger partial charge in [-0.05, 0) is 0 Å². The molecular weight excluding hydrogens is 597 g/mol. The second-order valence-corrected chi connectivity index (χ2v) is 14.8. The van der Waals surface area contributed by atoms with Gasteiger partial charge >= 0.3 is 225 Å². The minimum absolute atomic E-state index is 0.116. The summed E-state index contributed by atoms with van der Waals surface area (Å²) in [6, 6.07) is 13.6. The Balaban J connectivity index is 1.65. The Labute approximate surface area is 224 Å². The van der Waals surface area contributed by atoms with Gasteiger partial charge in [0, 0.05) is 0 Å². The number of alkyl halides is 1. The summed E-state index contributed by atoms with van der Waals surface area (Å²) in [5.74, 6) is 1.41. The first kappa shape index (κ1) is 24.0. The molecule has 1 aromatic carbocycles. The Kier molecular flexibility index (Phi) is 5.83. The van der Waals surface area contributed by atoms with E-state index in [-0.39, 0.29) is 21.4 Å². The van der Waals surface area contributed by atoms with E-state index in [0.717, 1.165) is 5.69 Å². The molecule has 192 valence electrons. The van der Waals surface area contributed by atoms with Crippen LogP contribution in [0.4, 0.5) is 11.8 Å². The molecule has 0 radical (unpaired) electrons. The van der Waals surface area contributed by atoms with Crippen LogP contribution < -0.4 is 14.4 Å². The number of nitrogens with zero attached hydrogens (tertiary/aromatic N) is 9. The maximum absolute atomic E-state index is 14.3. The number of halogens is 1. The average molecular weight is 621 g/mol. The first-order valence-corrected chi connectivity index (χ1v) is 15.2. The summed E-state index contributed by atoms with van der Waals surface area (Å²) < 4.78 is 6.45. The number of nitrogens with one attached hydrogen (secondary N) is 1. The van der Waals surface area contributed by atoms with Crippen LogP contribution in [0.3, 0.4) is 0 Å². The summed E-state index contributed by atoms with van der Waals surface area (Å²) in [5.41, 5.74) is 8.50. The fourth-order valence-corrected chi connectivity index (χ4v) is 11.8. The molecule has 12 nitrogen and oxygen atoms in total. The zero-order valence-corrected chi connectivity index (χ0v) is 23.0. The molecule has 13 heteroatoms. The molecule has 38 heavy (non-hydrogen) atoms. The molecule has 2 atom stereocenters. The summed E-state index contributed by atoms with van der Waals surface area (Å²) in [5, 5.41) is 21.8. The summed E-state index contributed by atoms with van der Waals surface area (Å²) in [6.45, 7) is 6.81. The number of aromatic nitrogens is 8. The van der Waals surface area contributed by atoms with Gasteiger partial charge in [0.2, 0.25) is 0 Å². The summed E-state index contributed by atoms with van der Waals surface area (Å²) in [4.78, 5) is 27.3. The molecule has 1 aliphatic heterocycles. The van der Waals surface area contributed by atoms with Gasteiger partial charge in [0.1, 0.15) is 0 Å². The SMILES string of the molecule is Cc1nc(N)nc(N2CC(C)C(C)I2c2nn3ccc(-c4ncn[nH]4)c3c(=O)n2-c2ccccc2)c1C#N. The summed E-state index contributed by atoms with van der Waals surface area (Å²) in [6.07, 6.45) is 3.18. The van der Waals surface area contributed by atoms with Gasteiger partial charge in [-0.3, -0.25) is 0 Å². The second kappa shape index (κ2) is 9.21. The van der Waals surface area contributed by atoms with Gasteiger partial charge in [-0.15, -0.1) is 0 Å². The third kappa shape index (κ3) is 3.71. The normalized spacial score (nSPS) is 18.3.